The summed E-state index contributed by atoms with van der Waals surface area (Å²) in [7, 11) is -3.80. The SMILES string of the molecule is O=S(=O)(Nc1cc(Cl)ccc1O)c1ccc(Cl)cc1. The average Bonchev–Trinajstić information content (AvgIpc) is 2.34. The Labute approximate surface area is 120 Å². The number of rotatable bonds is 3. The first kappa shape index (κ1) is 14.0. The third-order valence-corrected chi connectivity index (χ3v) is 4.20. The fourth-order valence-electron chi connectivity index (χ4n) is 1.41. The van der Waals surface area contributed by atoms with Crippen LogP contribution >= 0.6 is 23.2 Å². The van der Waals surface area contributed by atoms with E-state index in [2.05, 4.69) is 4.72 Å². The minimum Gasteiger partial charge on any atom is -0.506 e. The van der Waals surface area contributed by atoms with E-state index < -0.39 is 10.0 Å². The monoisotopic (exact) mass is 317 g/mol. The third-order valence-electron chi connectivity index (χ3n) is 2.33. The van der Waals surface area contributed by atoms with Crippen LogP contribution in [-0.4, -0.2) is 13.5 Å². The number of hydrogen-bond donors (Lipinski definition) is 2. The Hall–Kier alpha value is -1.43. The van der Waals surface area contributed by atoms with E-state index in [0.29, 0.717) is 10.0 Å². The molecular weight excluding hydrogens is 309 g/mol. The normalized spacial score (nSPS) is 11.3. The van der Waals surface area contributed by atoms with Crippen molar-refractivity contribution in [3.8, 4) is 5.75 Å². The van der Waals surface area contributed by atoms with E-state index in [0.717, 1.165) is 0 Å². The van der Waals surface area contributed by atoms with Crippen molar-refractivity contribution in [2.75, 3.05) is 4.72 Å². The molecule has 2 N–H and O–H groups in total. The van der Waals surface area contributed by atoms with Gasteiger partial charge >= 0.3 is 0 Å². The molecule has 0 saturated heterocycles. The van der Waals surface area contributed by atoms with Gasteiger partial charge < -0.3 is 5.11 Å². The number of phenolic OH excluding ortho intramolecular Hbond substituents is 1. The molecule has 0 aromatic heterocycles. The fourth-order valence-corrected chi connectivity index (χ4v) is 2.77. The molecule has 0 aliphatic heterocycles. The van der Waals surface area contributed by atoms with Crippen molar-refractivity contribution in [3.63, 3.8) is 0 Å². The molecule has 4 nitrogen and oxygen atoms in total. The summed E-state index contributed by atoms with van der Waals surface area (Å²) < 4.78 is 26.4. The highest BCUT2D eigenvalue weighted by Gasteiger charge is 2.16. The van der Waals surface area contributed by atoms with Gasteiger partial charge in [0.1, 0.15) is 5.75 Å². The maximum atomic E-state index is 12.1. The number of sulfonamides is 1. The quantitative estimate of drug-likeness (QED) is 0.851. The van der Waals surface area contributed by atoms with Gasteiger partial charge in [0.05, 0.1) is 10.6 Å². The van der Waals surface area contributed by atoms with E-state index in [9.17, 15) is 13.5 Å². The van der Waals surface area contributed by atoms with E-state index in [1.54, 1.807) is 0 Å². The Balaban J connectivity index is 2.36. The van der Waals surface area contributed by atoms with Crippen LogP contribution in [0.2, 0.25) is 10.0 Å². The number of benzene rings is 2. The molecule has 0 radical (unpaired) electrons. The first-order valence-corrected chi connectivity index (χ1v) is 7.39. The molecule has 2 rings (SSSR count). The molecule has 0 saturated carbocycles. The predicted molar refractivity (Wildman–Crippen MR) is 75.4 cm³/mol. The van der Waals surface area contributed by atoms with Gasteiger partial charge in [-0.05, 0) is 42.5 Å². The van der Waals surface area contributed by atoms with Gasteiger partial charge in [0.25, 0.3) is 10.0 Å². The molecule has 0 atom stereocenters. The van der Waals surface area contributed by atoms with Crippen molar-refractivity contribution < 1.29 is 13.5 Å². The van der Waals surface area contributed by atoms with Crippen LogP contribution in [0.5, 0.6) is 5.75 Å². The Bertz CT molecular complexity index is 699. The number of aromatic hydroxyl groups is 1. The molecule has 0 heterocycles. The maximum Gasteiger partial charge on any atom is 0.262 e. The first-order valence-electron chi connectivity index (χ1n) is 5.15. The fraction of sp³-hybridized carbons (Fsp3) is 0. The molecule has 0 aliphatic carbocycles. The number of halogens is 2. The summed E-state index contributed by atoms with van der Waals surface area (Å²) in [5.74, 6) is -0.207. The zero-order valence-electron chi connectivity index (χ0n) is 9.47. The smallest absolute Gasteiger partial charge is 0.262 e. The molecule has 0 fully saturated rings. The molecular formula is C12H9Cl2NO3S. The molecule has 0 aliphatic rings. The number of hydrogen-bond acceptors (Lipinski definition) is 3. The second-order valence-corrected chi connectivity index (χ2v) is 6.28. The standard InChI is InChI=1S/C12H9Cl2NO3S/c13-8-1-4-10(5-2-8)19(17,18)15-11-7-9(14)3-6-12(11)16/h1-7,15-16H. The molecule has 0 bridgehead atoms. The third kappa shape index (κ3) is 3.32. The van der Waals surface area contributed by atoms with Gasteiger partial charge in [-0.1, -0.05) is 23.2 Å². The van der Waals surface area contributed by atoms with Gasteiger partial charge in [-0.25, -0.2) is 8.42 Å². The van der Waals surface area contributed by atoms with Crippen molar-refractivity contribution >= 4 is 38.9 Å². The van der Waals surface area contributed by atoms with Crippen molar-refractivity contribution in [3.05, 3.63) is 52.5 Å². The van der Waals surface area contributed by atoms with Gasteiger partial charge in [0.15, 0.2) is 0 Å². The molecule has 2 aromatic carbocycles. The lowest BCUT2D eigenvalue weighted by molar-refractivity contribution is 0.477. The maximum absolute atomic E-state index is 12.1. The summed E-state index contributed by atoms with van der Waals surface area (Å²) in [4.78, 5) is 0.0382. The largest absolute Gasteiger partial charge is 0.506 e. The second-order valence-electron chi connectivity index (χ2n) is 3.72. The van der Waals surface area contributed by atoms with Gasteiger partial charge in [-0.15, -0.1) is 0 Å². The summed E-state index contributed by atoms with van der Waals surface area (Å²) in [5.41, 5.74) is 0.0162. The highest BCUT2D eigenvalue weighted by Crippen LogP contribution is 2.28. The van der Waals surface area contributed by atoms with Crippen LogP contribution in [0.4, 0.5) is 5.69 Å². The minimum absolute atomic E-state index is 0.0162. The molecule has 0 unspecified atom stereocenters. The van der Waals surface area contributed by atoms with Gasteiger partial charge in [0.2, 0.25) is 0 Å². The minimum atomic E-state index is -3.80. The Morgan fingerprint density at radius 3 is 2.16 bits per heavy atom. The van der Waals surface area contributed by atoms with Crippen LogP contribution in [0.1, 0.15) is 0 Å². The Kier molecular flexibility index (Phi) is 3.89. The van der Waals surface area contributed by atoms with Crippen molar-refractivity contribution in [2.24, 2.45) is 0 Å². The van der Waals surface area contributed by atoms with Gasteiger partial charge in [-0.2, -0.15) is 0 Å². The molecule has 7 heteroatoms. The van der Waals surface area contributed by atoms with Crippen LogP contribution in [-0.2, 0) is 10.0 Å². The number of phenols is 1. The lowest BCUT2D eigenvalue weighted by Crippen LogP contribution is -2.12. The average molecular weight is 318 g/mol. The Morgan fingerprint density at radius 2 is 1.53 bits per heavy atom. The molecule has 2 aromatic rings. The van der Waals surface area contributed by atoms with Crippen molar-refractivity contribution in [1.82, 2.24) is 0 Å². The summed E-state index contributed by atoms with van der Waals surface area (Å²) in [6, 6.07) is 9.75. The highest BCUT2D eigenvalue weighted by atomic mass is 35.5. The van der Waals surface area contributed by atoms with Gasteiger partial charge in [0, 0.05) is 10.0 Å². The number of nitrogens with one attached hydrogen (secondary N) is 1. The van der Waals surface area contributed by atoms with Crippen molar-refractivity contribution in [1.29, 1.82) is 0 Å². The van der Waals surface area contributed by atoms with Gasteiger partial charge in [-0.3, -0.25) is 4.72 Å². The van der Waals surface area contributed by atoms with Crippen LogP contribution in [0.3, 0.4) is 0 Å². The predicted octanol–water partition coefficient (Wildman–Crippen LogP) is 3.50. The number of anilines is 1. The van der Waals surface area contributed by atoms with E-state index in [4.69, 9.17) is 23.2 Å². The topological polar surface area (TPSA) is 66.4 Å². The van der Waals surface area contributed by atoms with E-state index in [1.807, 2.05) is 0 Å². The van der Waals surface area contributed by atoms with Crippen LogP contribution < -0.4 is 4.72 Å². The lowest BCUT2D eigenvalue weighted by atomic mass is 10.3. The zero-order chi connectivity index (χ0) is 14.0. The molecule has 19 heavy (non-hydrogen) atoms. The summed E-state index contributed by atoms with van der Waals surface area (Å²) in [6.07, 6.45) is 0. The zero-order valence-corrected chi connectivity index (χ0v) is 11.8. The van der Waals surface area contributed by atoms with Crippen LogP contribution in [0.25, 0.3) is 0 Å². The van der Waals surface area contributed by atoms with Crippen LogP contribution in [0.15, 0.2) is 47.4 Å². The summed E-state index contributed by atoms with van der Waals surface area (Å²) in [6.45, 7) is 0. The molecule has 100 valence electrons. The molecule has 0 spiro atoms. The molecule has 0 amide bonds. The summed E-state index contributed by atoms with van der Waals surface area (Å²) >= 11 is 11.4. The van der Waals surface area contributed by atoms with E-state index >= 15 is 0 Å². The van der Waals surface area contributed by atoms with E-state index in [1.165, 1.54) is 42.5 Å². The Morgan fingerprint density at radius 1 is 0.947 bits per heavy atom. The van der Waals surface area contributed by atoms with Crippen LogP contribution in [0, 0.1) is 0 Å². The second kappa shape index (κ2) is 5.28. The highest BCUT2D eigenvalue weighted by molar-refractivity contribution is 7.92. The lowest BCUT2D eigenvalue weighted by Gasteiger charge is -2.10. The first-order chi connectivity index (χ1) is 8.88. The van der Waals surface area contributed by atoms with E-state index in [-0.39, 0.29) is 16.3 Å². The summed E-state index contributed by atoms with van der Waals surface area (Å²) in [5, 5.41) is 10.3. The van der Waals surface area contributed by atoms with Crippen molar-refractivity contribution in [2.45, 2.75) is 4.90 Å².